The zero-order valence-corrected chi connectivity index (χ0v) is 19.6. The second-order valence-corrected chi connectivity index (χ2v) is 9.22. The Bertz CT molecular complexity index is 1290. The third-order valence-electron chi connectivity index (χ3n) is 5.68. The molecule has 1 aliphatic rings. The van der Waals surface area contributed by atoms with E-state index in [1.54, 1.807) is 12.4 Å². The summed E-state index contributed by atoms with van der Waals surface area (Å²) in [6, 6.07) is 12.4. The van der Waals surface area contributed by atoms with Crippen LogP contribution in [0.15, 0.2) is 53.9 Å². The lowest BCUT2D eigenvalue weighted by molar-refractivity contribution is -0.113. The summed E-state index contributed by atoms with van der Waals surface area (Å²) in [6.07, 6.45) is 5.71. The Morgan fingerprint density at radius 2 is 1.79 bits per heavy atom. The summed E-state index contributed by atoms with van der Waals surface area (Å²) >= 11 is 1.41. The van der Waals surface area contributed by atoms with E-state index in [2.05, 4.69) is 49.2 Å². The second kappa shape index (κ2) is 8.82. The van der Waals surface area contributed by atoms with Gasteiger partial charge < -0.3 is 5.32 Å². The smallest absolute Gasteiger partial charge is 0.234 e. The van der Waals surface area contributed by atoms with Crippen molar-refractivity contribution in [3.8, 4) is 17.1 Å². The molecule has 8 nitrogen and oxygen atoms in total. The molecule has 33 heavy (non-hydrogen) atoms. The minimum absolute atomic E-state index is 0.0922. The molecule has 9 heteroatoms. The molecule has 1 amide bonds. The lowest BCUT2D eigenvalue weighted by Crippen LogP contribution is -2.16. The van der Waals surface area contributed by atoms with Gasteiger partial charge in [0.15, 0.2) is 11.0 Å². The van der Waals surface area contributed by atoms with Crippen molar-refractivity contribution >= 4 is 23.4 Å². The highest BCUT2D eigenvalue weighted by Crippen LogP contribution is 2.41. The van der Waals surface area contributed by atoms with Crippen LogP contribution >= 0.6 is 11.8 Å². The Balaban J connectivity index is 1.30. The number of carbonyl (C=O) groups is 1. The first-order chi connectivity index (χ1) is 16.0. The molecule has 1 aliphatic carbocycles. The molecule has 3 aromatic heterocycles. The number of thioether (sulfide) groups is 1. The summed E-state index contributed by atoms with van der Waals surface area (Å²) in [4.78, 5) is 16.9. The second-order valence-electron chi connectivity index (χ2n) is 8.27. The first-order valence-corrected chi connectivity index (χ1v) is 11.9. The zero-order chi connectivity index (χ0) is 22.9. The van der Waals surface area contributed by atoms with Gasteiger partial charge in [-0.2, -0.15) is 5.10 Å². The molecular weight excluding hydrogens is 434 g/mol. The average Bonchev–Trinajstić information content (AvgIpc) is 3.52. The molecule has 0 spiro atoms. The van der Waals surface area contributed by atoms with Crippen LogP contribution in [0.3, 0.4) is 0 Å². The molecule has 0 bridgehead atoms. The molecule has 1 fully saturated rings. The monoisotopic (exact) mass is 459 g/mol. The standard InChI is InChI=1S/C24H25N7OS/c1-15-4-6-20(7-5-15)31-17(3)22(16(2)29-31)26-21(32)14-33-24-28-27-23(30(24)19-8-9-19)18-10-12-25-13-11-18/h4-7,10-13,19H,8-9,14H2,1-3H3,(H,26,32). The number of carbonyl (C=O) groups excluding carboxylic acids is 1. The number of aryl methyl sites for hydroxylation is 2. The molecule has 1 saturated carbocycles. The van der Waals surface area contributed by atoms with Crippen LogP contribution in [0.5, 0.6) is 0 Å². The first-order valence-electron chi connectivity index (χ1n) is 10.9. The number of benzene rings is 1. The van der Waals surface area contributed by atoms with Gasteiger partial charge in [-0.15, -0.1) is 10.2 Å². The predicted molar refractivity (Wildman–Crippen MR) is 129 cm³/mol. The molecule has 0 saturated heterocycles. The Morgan fingerprint density at radius 1 is 1.06 bits per heavy atom. The van der Waals surface area contributed by atoms with Crippen LogP contribution in [0, 0.1) is 20.8 Å². The highest BCUT2D eigenvalue weighted by atomic mass is 32.2. The van der Waals surface area contributed by atoms with Crippen molar-refractivity contribution < 1.29 is 4.79 Å². The summed E-state index contributed by atoms with van der Waals surface area (Å²) in [5.74, 6) is 0.981. The van der Waals surface area contributed by atoms with Crippen molar-refractivity contribution in [1.29, 1.82) is 0 Å². The van der Waals surface area contributed by atoms with Crippen LogP contribution in [-0.2, 0) is 4.79 Å². The number of anilines is 1. The molecule has 0 aliphatic heterocycles. The molecule has 1 N–H and O–H groups in total. The maximum atomic E-state index is 12.8. The van der Waals surface area contributed by atoms with Gasteiger partial charge >= 0.3 is 0 Å². The predicted octanol–water partition coefficient (Wildman–Crippen LogP) is 4.52. The third kappa shape index (κ3) is 4.41. The molecule has 5 rings (SSSR count). The largest absolute Gasteiger partial charge is 0.322 e. The summed E-state index contributed by atoms with van der Waals surface area (Å²) < 4.78 is 4.02. The van der Waals surface area contributed by atoms with Crippen LogP contribution in [0.4, 0.5) is 5.69 Å². The Labute approximate surface area is 196 Å². The van der Waals surface area contributed by atoms with Crippen LogP contribution < -0.4 is 5.32 Å². The highest BCUT2D eigenvalue weighted by Gasteiger charge is 2.30. The fourth-order valence-corrected chi connectivity index (χ4v) is 4.61. The van der Waals surface area contributed by atoms with Crippen molar-refractivity contribution in [3.63, 3.8) is 0 Å². The van der Waals surface area contributed by atoms with Gasteiger partial charge in [-0.05, 0) is 57.9 Å². The minimum atomic E-state index is -0.0922. The van der Waals surface area contributed by atoms with Gasteiger partial charge in [0.1, 0.15) is 0 Å². The van der Waals surface area contributed by atoms with E-state index in [0.29, 0.717) is 6.04 Å². The van der Waals surface area contributed by atoms with E-state index >= 15 is 0 Å². The Hall–Kier alpha value is -3.46. The van der Waals surface area contributed by atoms with Crippen molar-refractivity contribution in [2.45, 2.75) is 44.8 Å². The van der Waals surface area contributed by atoms with Gasteiger partial charge in [0.05, 0.1) is 28.5 Å². The van der Waals surface area contributed by atoms with E-state index in [1.807, 2.05) is 42.8 Å². The average molecular weight is 460 g/mol. The maximum absolute atomic E-state index is 12.8. The van der Waals surface area contributed by atoms with E-state index in [0.717, 1.165) is 52.1 Å². The van der Waals surface area contributed by atoms with E-state index < -0.39 is 0 Å². The topological polar surface area (TPSA) is 90.5 Å². The van der Waals surface area contributed by atoms with Gasteiger partial charge in [-0.3, -0.25) is 14.3 Å². The molecule has 0 atom stereocenters. The van der Waals surface area contributed by atoms with E-state index in [1.165, 1.54) is 17.3 Å². The van der Waals surface area contributed by atoms with Gasteiger partial charge in [0.2, 0.25) is 5.91 Å². The number of nitrogens with zero attached hydrogens (tertiary/aromatic N) is 6. The normalized spacial score (nSPS) is 13.3. The Morgan fingerprint density at radius 3 is 2.48 bits per heavy atom. The van der Waals surface area contributed by atoms with Gasteiger partial charge in [0.25, 0.3) is 0 Å². The van der Waals surface area contributed by atoms with E-state index in [-0.39, 0.29) is 11.7 Å². The Kier molecular flexibility index (Phi) is 5.72. The molecule has 1 aromatic carbocycles. The van der Waals surface area contributed by atoms with Gasteiger partial charge in [-0.25, -0.2) is 4.68 Å². The minimum Gasteiger partial charge on any atom is -0.322 e. The fourth-order valence-electron chi connectivity index (χ4n) is 3.80. The first kappa shape index (κ1) is 21.4. The maximum Gasteiger partial charge on any atom is 0.234 e. The summed E-state index contributed by atoms with van der Waals surface area (Å²) in [5, 5.41) is 17.2. The number of pyridine rings is 1. The number of aromatic nitrogens is 6. The number of hydrogen-bond acceptors (Lipinski definition) is 6. The zero-order valence-electron chi connectivity index (χ0n) is 18.8. The molecule has 0 radical (unpaired) electrons. The van der Waals surface area contributed by atoms with E-state index in [9.17, 15) is 4.79 Å². The quantitative estimate of drug-likeness (QED) is 0.409. The van der Waals surface area contributed by atoms with Crippen LogP contribution in [-0.4, -0.2) is 41.2 Å². The number of amides is 1. The molecule has 168 valence electrons. The highest BCUT2D eigenvalue weighted by molar-refractivity contribution is 7.99. The van der Waals surface area contributed by atoms with Gasteiger partial charge in [-0.1, -0.05) is 29.5 Å². The number of rotatable bonds is 7. The van der Waals surface area contributed by atoms with Crippen molar-refractivity contribution in [1.82, 2.24) is 29.5 Å². The number of nitrogens with one attached hydrogen (secondary N) is 1. The van der Waals surface area contributed by atoms with Crippen molar-refractivity contribution in [3.05, 3.63) is 65.7 Å². The lowest BCUT2D eigenvalue weighted by Gasteiger charge is -2.09. The third-order valence-corrected chi connectivity index (χ3v) is 6.62. The van der Waals surface area contributed by atoms with Crippen molar-refractivity contribution in [2.24, 2.45) is 0 Å². The van der Waals surface area contributed by atoms with Crippen molar-refractivity contribution in [2.75, 3.05) is 11.1 Å². The van der Waals surface area contributed by atoms with Crippen LogP contribution in [0.25, 0.3) is 17.1 Å². The van der Waals surface area contributed by atoms with Gasteiger partial charge in [0, 0.05) is 24.0 Å². The lowest BCUT2D eigenvalue weighted by atomic mass is 10.2. The summed E-state index contributed by atoms with van der Waals surface area (Å²) in [6.45, 7) is 5.93. The summed E-state index contributed by atoms with van der Waals surface area (Å²) in [5.41, 5.74) is 5.58. The molecular formula is C24H25N7OS. The SMILES string of the molecule is Cc1ccc(-n2nc(C)c(NC(=O)CSc3nnc(-c4ccncc4)n3C3CC3)c2C)cc1. The van der Waals surface area contributed by atoms with Crippen LogP contribution in [0.1, 0.15) is 35.8 Å². The molecule has 4 aromatic rings. The van der Waals surface area contributed by atoms with E-state index in [4.69, 9.17) is 0 Å². The number of hydrogen-bond donors (Lipinski definition) is 1. The summed E-state index contributed by atoms with van der Waals surface area (Å²) in [7, 11) is 0. The fraction of sp³-hybridized carbons (Fsp3) is 0.292. The van der Waals surface area contributed by atoms with Crippen LogP contribution in [0.2, 0.25) is 0 Å². The molecule has 3 heterocycles. The molecule has 0 unspecified atom stereocenters.